The van der Waals surface area contributed by atoms with Crippen LogP contribution in [0.2, 0.25) is 0 Å². The summed E-state index contributed by atoms with van der Waals surface area (Å²) in [5, 5.41) is 0. The smallest absolute Gasteiger partial charge is 0.0410 e. The van der Waals surface area contributed by atoms with Gasteiger partial charge in [-0.1, -0.05) is 6.58 Å². The predicted molar refractivity (Wildman–Crippen MR) is 54.6 cm³/mol. The van der Waals surface area contributed by atoms with E-state index in [9.17, 15) is 0 Å². The highest BCUT2D eigenvalue weighted by molar-refractivity contribution is 9.10. The minimum absolute atomic E-state index is 0.630. The van der Waals surface area contributed by atoms with Gasteiger partial charge in [0.25, 0.3) is 0 Å². The third-order valence-corrected chi connectivity index (χ3v) is 1.99. The second kappa shape index (κ2) is 4.38. The molecule has 0 unspecified atom stereocenters. The number of pyridine rings is 1. The summed E-state index contributed by atoms with van der Waals surface area (Å²) in [6, 6.07) is 1.99. The van der Waals surface area contributed by atoms with Crippen LogP contribution >= 0.6 is 15.9 Å². The first-order chi connectivity index (χ1) is 5.74. The van der Waals surface area contributed by atoms with Gasteiger partial charge >= 0.3 is 0 Å². The Kier molecular flexibility index (Phi) is 3.44. The van der Waals surface area contributed by atoms with Gasteiger partial charge in [0.1, 0.15) is 0 Å². The Labute approximate surface area is 80.6 Å². The number of rotatable bonds is 3. The molecule has 0 saturated carbocycles. The summed E-state index contributed by atoms with van der Waals surface area (Å²) in [5.74, 6) is 0. The van der Waals surface area contributed by atoms with Crippen LogP contribution in [0.1, 0.15) is 12.0 Å². The van der Waals surface area contributed by atoms with E-state index in [0.717, 1.165) is 22.0 Å². The van der Waals surface area contributed by atoms with Crippen molar-refractivity contribution in [3.63, 3.8) is 0 Å². The zero-order chi connectivity index (χ0) is 8.97. The molecule has 0 atom stereocenters. The Morgan fingerprint density at radius 1 is 1.58 bits per heavy atom. The molecule has 0 aliphatic heterocycles. The topological polar surface area (TPSA) is 38.9 Å². The van der Waals surface area contributed by atoms with Crippen LogP contribution in [0.3, 0.4) is 0 Å². The summed E-state index contributed by atoms with van der Waals surface area (Å²) >= 11 is 3.35. The molecule has 1 aromatic rings. The van der Waals surface area contributed by atoms with E-state index >= 15 is 0 Å². The maximum Gasteiger partial charge on any atom is 0.0410 e. The molecule has 0 aromatic carbocycles. The Hall–Kier alpha value is -0.670. The van der Waals surface area contributed by atoms with Gasteiger partial charge in [-0.15, -0.1) is 0 Å². The van der Waals surface area contributed by atoms with Crippen LogP contribution in [-0.2, 0) is 0 Å². The summed E-state index contributed by atoms with van der Waals surface area (Å²) in [6.07, 6.45) is 4.36. The average molecular weight is 227 g/mol. The normalized spacial score (nSPS) is 9.83. The molecule has 1 aromatic heterocycles. The first-order valence-electron chi connectivity index (χ1n) is 3.73. The lowest BCUT2D eigenvalue weighted by Gasteiger charge is -2.02. The molecule has 64 valence electrons. The molecule has 2 N–H and O–H groups in total. The van der Waals surface area contributed by atoms with E-state index in [2.05, 4.69) is 27.5 Å². The number of halogens is 1. The SMILES string of the molecule is C=C(CCN)c1cncc(Br)c1. The van der Waals surface area contributed by atoms with Gasteiger partial charge in [0.2, 0.25) is 0 Å². The molecule has 3 heteroatoms. The van der Waals surface area contributed by atoms with Crippen LogP contribution in [0.4, 0.5) is 0 Å². The molecule has 0 saturated heterocycles. The Morgan fingerprint density at radius 3 is 2.92 bits per heavy atom. The van der Waals surface area contributed by atoms with Gasteiger partial charge in [-0.05, 0) is 46.1 Å². The van der Waals surface area contributed by atoms with E-state index in [1.807, 2.05) is 6.07 Å². The van der Waals surface area contributed by atoms with Crippen LogP contribution < -0.4 is 5.73 Å². The van der Waals surface area contributed by atoms with Crippen molar-refractivity contribution in [1.29, 1.82) is 0 Å². The minimum Gasteiger partial charge on any atom is -0.330 e. The highest BCUT2D eigenvalue weighted by Gasteiger charge is 1.98. The van der Waals surface area contributed by atoms with E-state index in [1.165, 1.54) is 0 Å². The zero-order valence-electron chi connectivity index (χ0n) is 6.76. The third-order valence-electron chi connectivity index (χ3n) is 1.56. The van der Waals surface area contributed by atoms with Crippen LogP contribution in [0.5, 0.6) is 0 Å². The molecular weight excluding hydrogens is 216 g/mol. The summed E-state index contributed by atoms with van der Waals surface area (Å²) in [4.78, 5) is 4.04. The standard InChI is InChI=1S/C9H11BrN2/c1-7(2-3-11)8-4-9(10)6-12-5-8/h4-6H,1-3,11H2. The quantitative estimate of drug-likeness (QED) is 0.859. The second-order valence-electron chi connectivity index (χ2n) is 2.53. The Morgan fingerprint density at radius 2 is 2.33 bits per heavy atom. The Bertz CT molecular complexity index is 284. The van der Waals surface area contributed by atoms with Gasteiger partial charge in [-0.25, -0.2) is 0 Å². The first kappa shape index (κ1) is 9.42. The van der Waals surface area contributed by atoms with E-state index in [4.69, 9.17) is 5.73 Å². The van der Waals surface area contributed by atoms with Crippen molar-refractivity contribution in [3.05, 3.63) is 35.1 Å². The number of aromatic nitrogens is 1. The van der Waals surface area contributed by atoms with Gasteiger partial charge in [-0.2, -0.15) is 0 Å². The van der Waals surface area contributed by atoms with Gasteiger partial charge < -0.3 is 5.73 Å². The molecule has 2 nitrogen and oxygen atoms in total. The lowest BCUT2D eigenvalue weighted by atomic mass is 10.1. The molecule has 0 aliphatic rings. The molecule has 12 heavy (non-hydrogen) atoms. The third kappa shape index (κ3) is 2.43. The summed E-state index contributed by atoms with van der Waals surface area (Å²) in [7, 11) is 0. The zero-order valence-corrected chi connectivity index (χ0v) is 8.34. The summed E-state index contributed by atoms with van der Waals surface area (Å²) in [5.41, 5.74) is 7.50. The fourth-order valence-electron chi connectivity index (χ4n) is 0.924. The molecule has 0 bridgehead atoms. The molecular formula is C9H11BrN2. The molecule has 0 fully saturated rings. The van der Waals surface area contributed by atoms with E-state index in [0.29, 0.717) is 6.54 Å². The van der Waals surface area contributed by atoms with Crippen LogP contribution in [0, 0.1) is 0 Å². The van der Waals surface area contributed by atoms with E-state index in [1.54, 1.807) is 12.4 Å². The fraction of sp³-hybridized carbons (Fsp3) is 0.222. The lowest BCUT2D eigenvalue weighted by molar-refractivity contribution is 1.02. The van der Waals surface area contributed by atoms with Crippen molar-refractivity contribution in [2.75, 3.05) is 6.54 Å². The summed E-state index contributed by atoms with van der Waals surface area (Å²) < 4.78 is 0.971. The maximum absolute atomic E-state index is 5.41. The van der Waals surface area contributed by atoms with Crippen molar-refractivity contribution in [1.82, 2.24) is 4.98 Å². The average Bonchev–Trinajstić information content (AvgIpc) is 2.05. The van der Waals surface area contributed by atoms with Crippen molar-refractivity contribution in [2.45, 2.75) is 6.42 Å². The van der Waals surface area contributed by atoms with E-state index < -0.39 is 0 Å². The predicted octanol–water partition coefficient (Wildman–Crippen LogP) is 2.21. The van der Waals surface area contributed by atoms with Crippen molar-refractivity contribution >= 4 is 21.5 Å². The number of nitrogens with zero attached hydrogens (tertiary/aromatic N) is 1. The van der Waals surface area contributed by atoms with Crippen molar-refractivity contribution in [3.8, 4) is 0 Å². The first-order valence-corrected chi connectivity index (χ1v) is 4.52. The van der Waals surface area contributed by atoms with Gasteiger partial charge in [0.05, 0.1) is 0 Å². The second-order valence-corrected chi connectivity index (χ2v) is 3.45. The maximum atomic E-state index is 5.41. The largest absolute Gasteiger partial charge is 0.330 e. The molecule has 0 amide bonds. The van der Waals surface area contributed by atoms with Gasteiger partial charge in [-0.3, -0.25) is 4.98 Å². The molecule has 0 spiro atoms. The number of nitrogens with two attached hydrogens (primary N) is 1. The monoisotopic (exact) mass is 226 g/mol. The molecule has 1 rings (SSSR count). The van der Waals surface area contributed by atoms with Gasteiger partial charge in [0, 0.05) is 16.9 Å². The van der Waals surface area contributed by atoms with Gasteiger partial charge in [0.15, 0.2) is 0 Å². The lowest BCUT2D eigenvalue weighted by Crippen LogP contribution is -1.99. The van der Waals surface area contributed by atoms with Crippen LogP contribution in [0.25, 0.3) is 5.57 Å². The van der Waals surface area contributed by atoms with Crippen LogP contribution in [-0.4, -0.2) is 11.5 Å². The molecule has 0 radical (unpaired) electrons. The number of hydrogen-bond donors (Lipinski definition) is 1. The van der Waals surface area contributed by atoms with Crippen LogP contribution in [0.15, 0.2) is 29.5 Å². The fourth-order valence-corrected chi connectivity index (χ4v) is 1.29. The molecule has 1 heterocycles. The highest BCUT2D eigenvalue weighted by Crippen LogP contribution is 2.17. The highest BCUT2D eigenvalue weighted by atomic mass is 79.9. The number of hydrogen-bond acceptors (Lipinski definition) is 2. The summed E-state index contributed by atoms with van der Waals surface area (Å²) in [6.45, 7) is 4.55. The molecule has 0 aliphatic carbocycles. The van der Waals surface area contributed by atoms with Crippen molar-refractivity contribution in [2.24, 2.45) is 5.73 Å². The Balaban J connectivity index is 2.81. The van der Waals surface area contributed by atoms with Crippen molar-refractivity contribution < 1.29 is 0 Å². The van der Waals surface area contributed by atoms with E-state index in [-0.39, 0.29) is 0 Å². The minimum atomic E-state index is 0.630.